The molecule has 0 atom stereocenters. The maximum Gasteiger partial charge on any atom is 0.255 e. The highest BCUT2D eigenvalue weighted by Gasteiger charge is 2.11. The van der Waals surface area contributed by atoms with Gasteiger partial charge in [0.25, 0.3) is 5.91 Å². The Kier molecular flexibility index (Phi) is 4.68. The highest BCUT2D eigenvalue weighted by Crippen LogP contribution is 2.27. The Labute approximate surface area is 161 Å². The Hall–Kier alpha value is -3.80. The van der Waals surface area contributed by atoms with Crippen molar-refractivity contribution in [3.63, 3.8) is 0 Å². The molecule has 0 fully saturated rings. The van der Waals surface area contributed by atoms with Gasteiger partial charge in [-0.15, -0.1) is 0 Å². The van der Waals surface area contributed by atoms with E-state index in [4.69, 9.17) is 13.9 Å². The molecule has 0 aliphatic rings. The second-order valence-electron chi connectivity index (χ2n) is 6.12. The lowest BCUT2D eigenvalue weighted by atomic mass is 10.2. The molecule has 6 nitrogen and oxygen atoms in total. The Morgan fingerprint density at radius 3 is 2.46 bits per heavy atom. The predicted molar refractivity (Wildman–Crippen MR) is 107 cm³/mol. The van der Waals surface area contributed by atoms with Gasteiger partial charge in [0.05, 0.1) is 14.2 Å². The van der Waals surface area contributed by atoms with E-state index in [1.165, 1.54) is 0 Å². The molecule has 28 heavy (non-hydrogen) atoms. The Bertz CT molecular complexity index is 1130. The van der Waals surface area contributed by atoms with Gasteiger partial charge in [0.15, 0.2) is 5.58 Å². The number of methoxy groups -OCH3 is 2. The van der Waals surface area contributed by atoms with Gasteiger partial charge in [-0.1, -0.05) is 6.07 Å². The molecule has 0 aliphatic heterocycles. The molecular formula is C22H18N2O4. The zero-order valence-corrected chi connectivity index (χ0v) is 15.4. The van der Waals surface area contributed by atoms with E-state index >= 15 is 0 Å². The summed E-state index contributed by atoms with van der Waals surface area (Å²) in [5, 5.41) is 2.87. The monoisotopic (exact) mass is 374 g/mol. The van der Waals surface area contributed by atoms with Crippen LogP contribution in [0.2, 0.25) is 0 Å². The number of carbonyl (C=O) groups excluding carboxylic acids is 1. The molecule has 0 bridgehead atoms. The van der Waals surface area contributed by atoms with Crippen molar-refractivity contribution in [2.75, 3.05) is 19.5 Å². The van der Waals surface area contributed by atoms with Gasteiger partial charge in [0.1, 0.15) is 17.0 Å². The lowest BCUT2D eigenvalue weighted by molar-refractivity contribution is 0.102. The zero-order chi connectivity index (χ0) is 19.5. The first-order valence-electron chi connectivity index (χ1n) is 8.67. The molecule has 1 heterocycles. The van der Waals surface area contributed by atoms with Crippen LogP contribution in [0.5, 0.6) is 11.5 Å². The van der Waals surface area contributed by atoms with Crippen LogP contribution in [0.4, 0.5) is 5.69 Å². The number of nitrogens with one attached hydrogen (secondary N) is 1. The van der Waals surface area contributed by atoms with Gasteiger partial charge in [-0.25, -0.2) is 4.98 Å². The van der Waals surface area contributed by atoms with Crippen LogP contribution in [-0.4, -0.2) is 25.1 Å². The maximum atomic E-state index is 12.5. The fourth-order valence-electron chi connectivity index (χ4n) is 2.83. The van der Waals surface area contributed by atoms with E-state index in [0.717, 1.165) is 11.3 Å². The first kappa shape index (κ1) is 17.6. The van der Waals surface area contributed by atoms with E-state index < -0.39 is 0 Å². The van der Waals surface area contributed by atoms with Crippen molar-refractivity contribution in [3.05, 3.63) is 72.3 Å². The van der Waals surface area contributed by atoms with Crippen molar-refractivity contribution in [3.8, 4) is 23.0 Å². The summed E-state index contributed by atoms with van der Waals surface area (Å²) in [6, 6.07) is 19.8. The minimum atomic E-state index is -0.229. The molecule has 0 saturated carbocycles. The van der Waals surface area contributed by atoms with Crippen LogP contribution in [0.3, 0.4) is 0 Å². The molecule has 4 aromatic rings. The number of oxazole rings is 1. The summed E-state index contributed by atoms with van der Waals surface area (Å²) in [4.78, 5) is 17.0. The molecule has 0 spiro atoms. The van der Waals surface area contributed by atoms with Gasteiger partial charge in [-0.2, -0.15) is 0 Å². The summed E-state index contributed by atoms with van der Waals surface area (Å²) in [6.07, 6.45) is 0. The second-order valence-corrected chi connectivity index (χ2v) is 6.12. The fourth-order valence-corrected chi connectivity index (χ4v) is 2.83. The van der Waals surface area contributed by atoms with Crippen LogP contribution in [0, 0.1) is 0 Å². The van der Waals surface area contributed by atoms with Gasteiger partial charge >= 0.3 is 0 Å². The van der Waals surface area contributed by atoms with Gasteiger partial charge in [0, 0.05) is 22.9 Å². The Morgan fingerprint density at radius 1 is 0.929 bits per heavy atom. The number of hydrogen-bond acceptors (Lipinski definition) is 5. The average molecular weight is 374 g/mol. The topological polar surface area (TPSA) is 73.6 Å². The van der Waals surface area contributed by atoms with Crippen LogP contribution >= 0.6 is 0 Å². The molecule has 6 heteroatoms. The van der Waals surface area contributed by atoms with Crippen LogP contribution in [0.1, 0.15) is 10.4 Å². The van der Waals surface area contributed by atoms with E-state index in [-0.39, 0.29) is 5.91 Å². The zero-order valence-electron chi connectivity index (χ0n) is 15.4. The summed E-state index contributed by atoms with van der Waals surface area (Å²) in [5.74, 6) is 1.67. The fraction of sp³-hybridized carbons (Fsp3) is 0.0909. The van der Waals surface area contributed by atoms with Crippen molar-refractivity contribution in [1.29, 1.82) is 0 Å². The Morgan fingerprint density at radius 2 is 1.71 bits per heavy atom. The summed E-state index contributed by atoms with van der Waals surface area (Å²) in [7, 11) is 3.19. The molecule has 140 valence electrons. The number of aromatic nitrogens is 1. The van der Waals surface area contributed by atoms with Crippen LogP contribution in [0.25, 0.3) is 22.6 Å². The normalized spacial score (nSPS) is 10.6. The van der Waals surface area contributed by atoms with Crippen molar-refractivity contribution < 1.29 is 18.7 Å². The third-order valence-electron chi connectivity index (χ3n) is 4.32. The quantitative estimate of drug-likeness (QED) is 0.545. The number of rotatable bonds is 5. The third kappa shape index (κ3) is 3.53. The van der Waals surface area contributed by atoms with Crippen LogP contribution in [0.15, 0.2) is 71.1 Å². The molecule has 0 unspecified atom stereocenters. The lowest BCUT2D eigenvalue weighted by Crippen LogP contribution is -2.11. The molecule has 0 radical (unpaired) electrons. The smallest absolute Gasteiger partial charge is 0.255 e. The second kappa shape index (κ2) is 7.44. The highest BCUT2D eigenvalue weighted by molar-refractivity contribution is 6.05. The molecule has 1 N–H and O–H groups in total. The standard InChI is InChI=1S/C22H18N2O4/c1-26-17-9-6-14(7-10-17)22-24-19-11-8-16(13-20(19)28-22)23-21(25)15-4-3-5-18(12-15)27-2/h3-13H,1-2H3,(H,23,25). The van der Waals surface area contributed by atoms with Gasteiger partial charge < -0.3 is 19.2 Å². The first-order chi connectivity index (χ1) is 13.7. The first-order valence-corrected chi connectivity index (χ1v) is 8.67. The summed E-state index contributed by atoms with van der Waals surface area (Å²) >= 11 is 0. The number of fused-ring (bicyclic) bond motifs is 1. The summed E-state index contributed by atoms with van der Waals surface area (Å²) < 4.78 is 16.2. The van der Waals surface area contributed by atoms with Crippen LogP contribution < -0.4 is 14.8 Å². The minimum absolute atomic E-state index is 0.229. The minimum Gasteiger partial charge on any atom is -0.497 e. The number of amides is 1. The van der Waals surface area contributed by atoms with Gasteiger partial charge in [0.2, 0.25) is 5.89 Å². The van der Waals surface area contributed by atoms with E-state index in [0.29, 0.717) is 34.0 Å². The molecule has 1 aromatic heterocycles. The number of ether oxygens (including phenoxy) is 2. The molecular weight excluding hydrogens is 356 g/mol. The SMILES string of the molecule is COc1ccc(-c2nc3ccc(NC(=O)c4cccc(OC)c4)cc3o2)cc1. The number of carbonyl (C=O) groups is 1. The molecule has 0 aliphatic carbocycles. The Balaban J connectivity index is 1.58. The van der Waals surface area contributed by atoms with E-state index in [2.05, 4.69) is 10.3 Å². The number of anilines is 1. The maximum absolute atomic E-state index is 12.5. The van der Waals surface area contributed by atoms with Crippen LogP contribution in [-0.2, 0) is 0 Å². The average Bonchev–Trinajstić information content (AvgIpc) is 3.17. The molecule has 4 rings (SSSR count). The number of benzene rings is 3. The molecule has 0 saturated heterocycles. The molecule has 3 aromatic carbocycles. The lowest BCUT2D eigenvalue weighted by Gasteiger charge is -2.06. The highest BCUT2D eigenvalue weighted by atomic mass is 16.5. The summed E-state index contributed by atoms with van der Waals surface area (Å²) in [6.45, 7) is 0. The number of nitrogens with zero attached hydrogens (tertiary/aromatic N) is 1. The predicted octanol–water partition coefficient (Wildman–Crippen LogP) is 4.76. The van der Waals surface area contributed by atoms with Crippen molar-refractivity contribution in [2.45, 2.75) is 0 Å². The van der Waals surface area contributed by atoms with E-state index in [1.807, 2.05) is 30.3 Å². The van der Waals surface area contributed by atoms with Crippen molar-refractivity contribution in [1.82, 2.24) is 4.98 Å². The van der Waals surface area contributed by atoms with Crippen molar-refractivity contribution in [2.24, 2.45) is 0 Å². The third-order valence-corrected chi connectivity index (χ3v) is 4.32. The van der Waals surface area contributed by atoms with Gasteiger partial charge in [-0.3, -0.25) is 4.79 Å². The van der Waals surface area contributed by atoms with Crippen molar-refractivity contribution >= 4 is 22.7 Å². The molecule has 1 amide bonds. The summed E-state index contributed by atoms with van der Waals surface area (Å²) in [5.41, 5.74) is 3.28. The van der Waals surface area contributed by atoms with E-state index in [1.54, 1.807) is 50.6 Å². The van der Waals surface area contributed by atoms with E-state index in [9.17, 15) is 4.79 Å². The number of hydrogen-bond donors (Lipinski definition) is 1. The van der Waals surface area contributed by atoms with Gasteiger partial charge in [-0.05, 0) is 54.6 Å². The largest absolute Gasteiger partial charge is 0.497 e.